The molecule has 2 N–H and O–H groups in total. The summed E-state index contributed by atoms with van der Waals surface area (Å²) in [6.07, 6.45) is -2.98. The van der Waals surface area contributed by atoms with Crippen LogP contribution in [-0.2, 0) is 15.8 Å². The van der Waals surface area contributed by atoms with Crippen LogP contribution in [0.5, 0.6) is 0 Å². The monoisotopic (exact) mass is 424 g/mol. The van der Waals surface area contributed by atoms with Gasteiger partial charge in [0.25, 0.3) is 0 Å². The molecule has 4 nitrogen and oxygen atoms in total. The number of alkyl halides is 3. The summed E-state index contributed by atoms with van der Waals surface area (Å²) in [5.74, 6) is -0.599. The maximum atomic E-state index is 13.1. The molecule has 0 aliphatic carbocycles. The van der Waals surface area contributed by atoms with E-state index in [1.54, 1.807) is 31.2 Å². The quantitative estimate of drug-likeness (QED) is 0.515. The van der Waals surface area contributed by atoms with Crippen molar-refractivity contribution in [2.45, 2.75) is 49.4 Å². The third-order valence-electron chi connectivity index (χ3n) is 4.03. The smallest absolute Gasteiger partial charge is 0.326 e. The second-order valence-corrected chi connectivity index (χ2v) is 7.65. The average Bonchev–Trinajstić information content (AvgIpc) is 2.66. The number of para-hydroxylation sites is 1. The summed E-state index contributed by atoms with van der Waals surface area (Å²) in [5, 5.41) is 4.61. The Kier molecular flexibility index (Phi) is 8.13. The van der Waals surface area contributed by atoms with Gasteiger partial charge in [-0.2, -0.15) is 13.2 Å². The van der Waals surface area contributed by atoms with Gasteiger partial charge in [0.2, 0.25) is 11.8 Å². The molecular formula is C21H23F3N2O2S. The molecule has 0 aliphatic rings. The van der Waals surface area contributed by atoms with Gasteiger partial charge in [0.05, 0.1) is 16.5 Å². The van der Waals surface area contributed by atoms with Crippen molar-refractivity contribution in [3.63, 3.8) is 0 Å². The highest BCUT2D eigenvalue weighted by Crippen LogP contribution is 2.35. The Morgan fingerprint density at radius 3 is 2.41 bits per heavy atom. The van der Waals surface area contributed by atoms with E-state index < -0.39 is 22.9 Å². The Hall–Kier alpha value is -2.48. The number of nitrogens with one attached hydrogen (secondary N) is 2. The first-order valence-electron chi connectivity index (χ1n) is 9.28. The summed E-state index contributed by atoms with van der Waals surface area (Å²) in [4.78, 5) is 25.1. The number of halogens is 3. The van der Waals surface area contributed by atoms with Gasteiger partial charge in [-0.15, -0.1) is 11.8 Å². The highest BCUT2D eigenvalue weighted by Gasteiger charge is 2.34. The van der Waals surface area contributed by atoms with E-state index in [4.69, 9.17) is 0 Å². The van der Waals surface area contributed by atoms with Crippen LogP contribution in [0.3, 0.4) is 0 Å². The summed E-state index contributed by atoms with van der Waals surface area (Å²) >= 11 is 1.24. The standard InChI is InChI=1S/C21H23F3N2O2S/c1-3-8-19(27)25-14-9-7-10-15(13-14)29-18(4-2)20(28)26-17-12-6-5-11-16(17)21(22,23)24/h5-7,9-13,18H,3-4,8H2,1-2H3,(H,25,27)(H,26,28). The maximum absolute atomic E-state index is 13.1. The highest BCUT2D eigenvalue weighted by molar-refractivity contribution is 8.00. The van der Waals surface area contributed by atoms with Gasteiger partial charge in [0, 0.05) is 17.0 Å². The van der Waals surface area contributed by atoms with E-state index in [1.807, 2.05) is 6.92 Å². The minimum Gasteiger partial charge on any atom is -0.326 e. The lowest BCUT2D eigenvalue weighted by Gasteiger charge is -2.18. The van der Waals surface area contributed by atoms with Crippen LogP contribution in [0.4, 0.5) is 24.5 Å². The summed E-state index contributed by atoms with van der Waals surface area (Å²) < 4.78 is 39.4. The van der Waals surface area contributed by atoms with Gasteiger partial charge in [-0.25, -0.2) is 0 Å². The summed E-state index contributed by atoms with van der Waals surface area (Å²) in [5.41, 5.74) is -0.524. The molecule has 0 radical (unpaired) electrons. The molecule has 0 bridgehead atoms. The lowest BCUT2D eigenvalue weighted by atomic mass is 10.1. The molecule has 0 saturated carbocycles. The van der Waals surface area contributed by atoms with Gasteiger partial charge < -0.3 is 10.6 Å². The molecule has 2 aromatic rings. The minimum atomic E-state index is -4.55. The van der Waals surface area contributed by atoms with Gasteiger partial charge in [-0.3, -0.25) is 9.59 Å². The second-order valence-electron chi connectivity index (χ2n) is 6.37. The topological polar surface area (TPSA) is 58.2 Å². The number of amides is 2. The summed E-state index contributed by atoms with van der Waals surface area (Å²) in [6.45, 7) is 3.70. The van der Waals surface area contributed by atoms with Crippen LogP contribution in [-0.4, -0.2) is 17.1 Å². The zero-order chi connectivity index (χ0) is 21.4. The number of thioether (sulfide) groups is 1. The van der Waals surface area contributed by atoms with Crippen molar-refractivity contribution < 1.29 is 22.8 Å². The number of anilines is 2. The van der Waals surface area contributed by atoms with Crippen LogP contribution in [0.2, 0.25) is 0 Å². The van der Waals surface area contributed by atoms with Crippen molar-refractivity contribution in [2.24, 2.45) is 0 Å². The first kappa shape index (κ1) is 22.8. The fourth-order valence-electron chi connectivity index (χ4n) is 2.64. The van der Waals surface area contributed by atoms with E-state index in [9.17, 15) is 22.8 Å². The number of hydrogen-bond acceptors (Lipinski definition) is 3. The predicted octanol–water partition coefficient (Wildman–Crippen LogP) is 5.95. The zero-order valence-electron chi connectivity index (χ0n) is 16.2. The Labute approximate surface area is 172 Å². The van der Waals surface area contributed by atoms with Crippen molar-refractivity contribution in [3.05, 3.63) is 54.1 Å². The molecule has 1 atom stereocenters. The van der Waals surface area contributed by atoms with E-state index in [-0.39, 0.29) is 11.6 Å². The molecular weight excluding hydrogens is 401 g/mol. The molecule has 0 saturated heterocycles. The first-order chi connectivity index (χ1) is 13.7. The van der Waals surface area contributed by atoms with Crippen LogP contribution in [0, 0.1) is 0 Å². The minimum absolute atomic E-state index is 0.0943. The molecule has 0 heterocycles. The van der Waals surface area contributed by atoms with Gasteiger partial charge in [0.15, 0.2) is 0 Å². The fourth-order valence-corrected chi connectivity index (χ4v) is 3.65. The Morgan fingerprint density at radius 1 is 1.03 bits per heavy atom. The number of rotatable bonds is 8. The third-order valence-corrected chi connectivity index (χ3v) is 5.38. The predicted molar refractivity (Wildman–Crippen MR) is 110 cm³/mol. The number of carbonyl (C=O) groups is 2. The number of hydrogen-bond donors (Lipinski definition) is 2. The van der Waals surface area contributed by atoms with Crippen LogP contribution < -0.4 is 10.6 Å². The lowest BCUT2D eigenvalue weighted by molar-refractivity contribution is -0.137. The maximum Gasteiger partial charge on any atom is 0.418 e. The number of carbonyl (C=O) groups excluding carboxylic acids is 2. The van der Waals surface area contributed by atoms with E-state index in [0.29, 0.717) is 18.5 Å². The number of benzene rings is 2. The molecule has 2 rings (SSSR count). The van der Waals surface area contributed by atoms with Gasteiger partial charge in [-0.05, 0) is 43.2 Å². The molecule has 2 aromatic carbocycles. The summed E-state index contributed by atoms with van der Waals surface area (Å²) in [6, 6.07) is 11.9. The molecule has 0 spiro atoms. The molecule has 0 aliphatic heterocycles. The van der Waals surface area contributed by atoms with E-state index in [2.05, 4.69) is 10.6 Å². The van der Waals surface area contributed by atoms with E-state index in [0.717, 1.165) is 17.4 Å². The van der Waals surface area contributed by atoms with E-state index in [1.165, 1.54) is 30.0 Å². The van der Waals surface area contributed by atoms with Crippen LogP contribution in [0.25, 0.3) is 0 Å². The van der Waals surface area contributed by atoms with Crippen molar-refractivity contribution in [1.29, 1.82) is 0 Å². The van der Waals surface area contributed by atoms with Crippen molar-refractivity contribution in [1.82, 2.24) is 0 Å². The van der Waals surface area contributed by atoms with E-state index >= 15 is 0 Å². The molecule has 8 heteroatoms. The fraction of sp³-hybridized carbons (Fsp3) is 0.333. The molecule has 0 fully saturated rings. The average molecular weight is 424 g/mol. The Morgan fingerprint density at radius 2 is 1.76 bits per heavy atom. The van der Waals surface area contributed by atoms with Gasteiger partial charge >= 0.3 is 6.18 Å². The highest BCUT2D eigenvalue weighted by atomic mass is 32.2. The normalized spacial score (nSPS) is 12.3. The second kappa shape index (κ2) is 10.3. The zero-order valence-corrected chi connectivity index (χ0v) is 17.0. The van der Waals surface area contributed by atoms with Crippen LogP contribution in [0.15, 0.2) is 53.4 Å². The van der Waals surface area contributed by atoms with Crippen molar-refractivity contribution >= 4 is 35.0 Å². The first-order valence-corrected chi connectivity index (χ1v) is 10.2. The lowest BCUT2D eigenvalue weighted by Crippen LogP contribution is -2.26. The van der Waals surface area contributed by atoms with Gasteiger partial charge in [-0.1, -0.05) is 32.0 Å². The Balaban J connectivity index is 2.11. The molecule has 29 heavy (non-hydrogen) atoms. The molecule has 1 unspecified atom stereocenters. The molecule has 2 amide bonds. The van der Waals surface area contributed by atoms with Crippen LogP contribution >= 0.6 is 11.8 Å². The van der Waals surface area contributed by atoms with Crippen molar-refractivity contribution in [2.75, 3.05) is 10.6 Å². The molecule has 156 valence electrons. The molecule has 0 aromatic heterocycles. The van der Waals surface area contributed by atoms with Gasteiger partial charge in [0.1, 0.15) is 0 Å². The van der Waals surface area contributed by atoms with Crippen molar-refractivity contribution in [3.8, 4) is 0 Å². The SMILES string of the molecule is CCCC(=O)Nc1cccc(SC(CC)C(=O)Nc2ccccc2C(F)(F)F)c1. The Bertz CT molecular complexity index is 856. The largest absolute Gasteiger partial charge is 0.418 e. The summed E-state index contributed by atoms with van der Waals surface area (Å²) in [7, 11) is 0. The van der Waals surface area contributed by atoms with Crippen LogP contribution in [0.1, 0.15) is 38.7 Å². The third kappa shape index (κ3) is 6.81.